The Kier molecular flexibility index (Phi) is 8.03. The van der Waals surface area contributed by atoms with Crippen LogP contribution in [0.2, 0.25) is 0 Å². The van der Waals surface area contributed by atoms with Crippen LogP contribution in [0.5, 0.6) is 0 Å². The largest absolute Gasteiger partial charge is 0.389 e. The van der Waals surface area contributed by atoms with Crippen LogP contribution in [0.1, 0.15) is 59.3 Å². The lowest BCUT2D eigenvalue weighted by molar-refractivity contribution is -0.0330. The Labute approximate surface area is 123 Å². The molecule has 4 nitrogen and oxygen atoms in total. The lowest BCUT2D eigenvalue weighted by Crippen LogP contribution is -2.43. The SMILES string of the molecule is CCC(O)(CC)CNCC(O)COC1CCCC(C)C1. The highest BCUT2D eigenvalue weighted by molar-refractivity contribution is 4.78. The first kappa shape index (κ1) is 17.9. The minimum Gasteiger partial charge on any atom is -0.389 e. The number of aliphatic hydroxyl groups excluding tert-OH is 1. The average molecular weight is 287 g/mol. The molecule has 0 aromatic rings. The van der Waals surface area contributed by atoms with Gasteiger partial charge in [0.2, 0.25) is 0 Å². The molecule has 0 spiro atoms. The molecule has 1 saturated carbocycles. The molecule has 3 atom stereocenters. The summed E-state index contributed by atoms with van der Waals surface area (Å²) in [7, 11) is 0. The molecule has 20 heavy (non-hydrogen) atoms. The number of hydrogen-bond acceptors (Lipinski definition) is 4. The Bertz CT molecular complexity index is 256. The highest BCUT2D eigenvalue weighted by Crippen LogP contribution is 2.25. The van der Waals surface area contributed by atoms with E-state index >= 15 is 0 Å². The first-order valence-electron chi connectivity index (χ1n) is 8.22. The fourth-order valence-electron chi connectivity index (χ4n) is 2.81. The molecule has 1 rings (SSSR count). The molecule has 3 N–H and O–H groups in total. The molecule has 0 heterocycles. The van der Waals surface area contributed by atoms with Crippen LogP contribution in [-0.2, 0) is 4.74 Å². The number of aliphatic hydroxyl groups is 2. The van der Waals surface area contributed by atoms with E-state index in [0.29, 0.717) is 25.8 Å². The third-order valence-electron chi connectivity index (χ3n) is 4.56. The lowest BCUT2D eigenvalue weighted by atomic mass is 9.89. The Morgan fingerprint density at radius 1 is 1.30 bits per heavy atom. The van der Waals surface area contributed by atoms with Crippen molar-refractivity contribution in [3.63, 3.8) is 0 Å². The Balaban J connectivity index is 2.12. The van der Waals surface area contributed by atoms with E-state index in [0.717, 1.165) is 31.6 Å². The van der Waals surface area contributed by atoms with Crippen LogP contribution >= 0.6 is 0 Å². The summed E-state index contributed by atoms with van der Waals surface area (Å²) in [5.74, 6) is 0.744. The highest BCUT2D eigenvalue weighted by Gasteiger charge is 2.23. The third-order valence-corrected chi connectivity index (χ3v) is 4.56. The van der Waals surface area contributed by atoms with Gasteiger partial charge < -0.3 is 20.3 Å². The summed E-state index contributed by atoms with van der Waals surface area (Å²) in [5, 5.41) is 23.2. The maximum Gasteiger partial charge on any atom is 0.0897 e. The van der Waals surface area contributed by atoms with Gasteiger partial charge in [-0.1, -0.05) is 33.6 Å². The van der Waals surface area contributed by atoms with Crippen LogP contribution in [-0.4, -0.2) is 47.7 Å². The highest BCUT2D eigenvalue weighted by atomic mass is 16.5. The standard InChI is InChI=1S/C16H33NO3/c1-4-16(19,5-2)12-17-10-14(18)11-20-15-8-6-7-13(3)9-15/h13-15,17-19H,4-12H2,1-3H3. The number of hydrogen-bond donors (Lipinski definition) is 3. The smallest absolute Gasteiger partial charge is 0.0897 e. The fraction of sp³-hybridized carbons (Fsp3) is 1.00. The summed E-state index contributed by atoms with van der Waals surface area (Å²) in [4.78, 5) is 0. The van der Waals surface area contributed by atoms with E-state index in [4.69, 9.17) is 4.74 Å². The second kappa shape index (κ2) is 8.98. The van der Waals surface area contributed by atoms with Gasteiger partial charge in [-0.05, 0) is 31.6 Å². The van der Waals surface area contributed by atoms with Crippen LogP contribution < -0.4 is 5.32 Å². The minimum atomic E-state index is -0.653. The summed E-state index contributed by atoms with van der Waals surface area (Å²) in [6.45, 7) is 7.62. The second-order valence-electron chi connectivity index (χ2n) is 6.44. The predicted molar refractivity (Wildman–Crippen MR) is 81.8 cm³/mol. The number of nitrogens with one attached hydrogen (secondary N) is 1. The van der Waals surface area contributed by atoms with Crippen molar-refractivity contribution in [2.45, 2.75) is 77.1 Å². The molecule has 0 amide bonds. The van der Waals surface area contributed by atoms with Gasteiger partial charge in [0.15, 0.2) is 0 Å². The van der Waals surface area contributed by atoms with Gasteiger partial charge in [0.1, 0.15) is 0 Å². The van der Waals surface area contributed by atoms with Crippen molar-refractivity contribution in [1.29, 1.82) is 0 Å². The molecule has 120 valence electrons. The summed E-state index contributed by atoms with van der Waals surface area (Å²) in [6, 6.07) is 0. The van der Waals surface area contributed by atoms with Crippen molar-refractivity contribution in [2.24, 2.45) is 5.92 Å². The fourth-order valence-corrected chi connectivity index (χ4v) is 2.81. The monoisotopic (exact) mass is 287 g/mol. The molecule has 0 aromatic heterocycles. The zero-order chi connectivity index (χ0) is 15.0. The Hall–Kier alpha value is -0.160. The van der Waals surface area contributed by atoms with Gasteiger partial charge in [0.05, 0.1) is 24.4 Å². The van der Waals surface area contributed by atoms with Crippen LogP contribution in [0, 0.1) is 5.92 Å². The molecule has 1 fully saturated rings. The topological polar surface area (TPSA) is 61.7 Å². The van der Waals surface area contributed by atoms with E-state index in [1.807, 2.05) is 13.8 Å². The molecule has 0 bridgehead atoms. The molecule has 3 unspecified atom stereocenters. The maximum absolute atomic E-state index is 10.1. The maximum atomic E-state index is 10.1. The molecule has 0 radical (unpaired) electrons. The zero-order valence-electron chi connectivity index (χ0n) is 13.4. The van der Waals surface area contributed by atoms with Crippen molar-refractivity contribution in [3.05, 3.63) is 0 Å². The van der Waals surface area contributed by atoms with E-state index in [2.05, 4.69) is 12.2 Å². The molecule has 0 saturated heterocycles. The second-order valence-corrected chi connectivity index (χ2v) is 6.44. The van der Waals surface area contributed by atoms with E-state index in [-0.39, 0.29) is 0 Å². The average Bonchev–Trinajstić information content (AvgIpc) is 2.45. The van der Waals surface area contributed by atoms with Gasteiger partial charge in [-0.2, -0.15) is 0 Å². The Morgan fingerprint density at radius 2 is 2.00 bits per heavy atom. The van der Waals surface area contributed by atoms with Gasteiger partial charge in [-0.25, -0.2) is 0 Å². The predicted octanol–water partition coefficient (Wildman–Crippen LogP) is 2.08. The van der Waals surface area contributed by atoms with E-state index in [1.54, 1.807) is 0 Å². The molecular weight excluding hydrogens is 254 g/mol. The van der Waals surface area contributed by atoms with Crippen LogP contribution in [0.3, 0.4) is 0 Å². The van der Waals surface area contributed by atoms with Crippen LogP contribution in [0.15, 0.2) is 0 Å². The quantitative estimate of drug-likeness (QED) is 0.607. The van der Waals surface area contributed by atoms with Crippen LogP contribution in [0.25, 0.3) is 0 Å². The minimum absolute atomic E-state index is 0.316. The molecular formula is C16H33NO3. The van der Waals surface area contributed by atoms with Gasteiger partial charge in [0, 0.05) is 13.1 Å². The number of ether oxygens (including phenoxy) is 1. The van der Waals surface area contributed by atoms with Crippen molar-refractivity contribution < 1.29 is 14.9 Å². The molecule has 1 aliphatic rings. The zero-order valence-corrected chi connectivity index (χ0v) is 13.4. The molecule has 0 aliphatic heterocycles. The molecule has 4 heteroatoms. The van der Waals surface area contributed by atoms with Crippen LogP contribution in [0.4, 0.5) is 0 Å². The van der Waals surface area contributed by atoms with E-state index in [1.165, 1.54) is 12.8 Å². The van der Waals surface area contributed by atoms with E-state index < -0.39 is 11.7 Å². The summed E-state index contributed by atoms with van der Waals surface area (Å²) >= 11 is 0. The summed E-state index contributed by atoms with van der Waals surface area (Å²) in [6.07, 6.45) is 6.05. The van der Waals surface area contributed by atoms with Crippen molar-refractivity contribution in [2.75, 3.05) is 19.7 Å². The number of rotatable bonds is 9. The summed E-state index contributed by atoms with van der Waals surface area (Å²) < 4.78 is 5.80. The van der Waals surface area contributed by atoms with Crippen molar-refractivity contribution >= 4 is 0 Å². The molecule has 1 aliphatic carbocycles. The summed E-state index contributed by atoms with van der Waals surface area (Å²) in [5.41, 5.74) is -0.653. The van der Waals surface area contributed by atoms with Gasteiger partial charge in [-0.15, -0.1) is 0 Å². The molecule has 0 aromatic carbocycles. The first-order valence-corrected chi connectivity index (χ1v) is 8.22. The van der Waals surface area contributed by atoms with Crippen molar-refractivity contribution in [1.82, 2.24) is 5.32 Å². The lowest BCUT2D eigenvalue weighted by Gasteiger charge is -2.28. The van der Waals surface area contributed by atoms with Crippen molar-refractivity contribution in [3.8, 4) is 0 Å². The van der Waals surface area contributed by atoms with Gasteiger partial charge in [-0.3, -0.25) is 0 Å². The third kappa shape index (κ3) is 6.53. The Morgan fingerprint density at radius 3 is 2.60 bits per heavy atom. The van der Waals surface area contributed by atoms with Gasteiger partial charge in [0.25, 0.3) is 0 Å². The van der Waals surface area contributed by atoms with Gasteiger partial charge >= 0.3 is 0 Å². The normalized spacial score (nSPS) is 25.6. The van der Waals surface area contributed by atoms with E-state index in [9.17, 15) is 10.2 Å². The first-order chi connectivity index (χ1) is 9.49.